The molecule has 0 aliphatic heterocycles. The van der Waals surface area contributed by atoms with Crippen molar-refractivity contribution < 1.29 is 18.8 Å². The lowest BCUT2D eigenvalue weighted by atomic mass is 9.90. The highest BCUT2D eigenvalue weighted by molar-refractivity contribution is 8.13. The average Bonchev–Trinajstić information content (AvgIpc) is 2.82. The first-order chi connectivity index (χ1) is 17.4. The van der Waals surface area contributed by atoms with Gasteiger partial charge in [0.05, 0.1) is 6.61 Å². The fraction of sp³-hybridized carbons (Fsp3) is 0.964. The highest BCUT2D eigenvalue weighted by Gasteiger charge is 2.35. The van der Waals surface area contributed by atoms with Crippen molar-refractivity contribution in [2.75, 3.05) is 32.1 Å². The summed E-state index contributed by atoms with van der Waals surface area (Å²) in [6.45, 7) is 28.5. The van der Waals surface area contributed by atoms with Gasteiger partial charge in [-0.15, -0.1) is 0 Å². The van der Waals surface area contributed by atoms with E-state index in [1.54, 1.807) is 0 Å². The number of carbonyl (C=O) groups is 1. The van der Waals surface area contributed by atoms with E-state index < -0.39 is 14.7 Å². The Balaban J connectivity index is 4.92. The molecule has 0 spiro atoms. The highest BCUT2D eigenvalue weighted by Crippen LogP contribution is 2.50. The van der Waals surface area contributed by atoms with Crippen molar-refractivity contribution in [3.8, 4) is 0 Å². The van der Waals surface area contributed by atoms with E-state index in [1.165, 1.54) is 11.8 Å². The SMILES string of the molecule is CCOC(COP(N(C(C)C)C(C)C)N(C(C)C)C(C)C)OCCSC(=O)CCNC(CC)(CC)CC. The summed E-state index contributed by atoms with van der Waals surface area (Å²) >= 11 is 1.35. The summed E-state index contributed by atoms with van der Waals surface area (Å²) in [6, 6.07) is 1.41. The Hall–Kier alpha value is 0.210. The Kier molecular flexibility index (Phi) is 20.3. The van der Waals surface area contributed by atoms with Crippen LogP contribution in [-0.4, -0.2) is 82.6 Å². The third-order valence-corrected chi connectivity index (χ3v) is 10.6. The number of rotatable bonds is 22. The van der Waals surface area contributed by atoms with E-state index in [0.29, 0.717) is 56.2 Å². The third-order valence-electron chi connectivity index (χ3n) is 6.70. The molecule has 0 fully saturated rings. The second kappa shape index (κ2) is 20.1. The molecule has 0 saturated carbocycles. The van der Waals surface area contributed by atoms with Gasteiger partial charge in [0.1, 0.15) is 6.61 Å². The number of carbonyl (C=O) groups excluding carboxylic acids is 1. The molecule has 7 nitrogen and oxygen atoms in total. The zero-order valence-electron chi connectivity index (χ0n) is 26.1. The molecule has 0 aromatic carbocycles. The predicted molar refractivity (Wildman–Crippen MR) is 162 cm³/mol. The summed E-state index contributed by atoms with van der Waals surface area (Å²) in [5.74, 6) is 0.617. The number of hydrogen-bond donors (Lipinski definition) is 1. The molecule has 1 atom stereocenters. The maximum Gasteiger partial charge on any atom is 0.190 e. The van der Waals surface area contributed by atoms with Gasteiger partial charge in [-0.1, -0.05) is 32.5 Å². The van der Waals surface area contributed by atoms with Crippen LogP contribution in [-0.2, 0) is 18.8 Å². The van der Waals surface area contributed by atoms with Crippen LogP contribution in [0.3, 0.4) is 0 Å². The van der Waals surface area contributed by atoms with Gasteiger partial charge >= 0.3 is 0 Å². The van der Waals surface area contributed by atoms with E-state index in [-0.39, 0.29) is 10.7 Å². The summed E-state index contributed by atoms with van der Waals surface area (Å²) in [4.78, 5) is 12.4. The molecule has 0 heterocycles. The first-order valence-corrected chi connectivity index (χ1v) is 16.7. The summed E-state index contributed by atoms with van der Waals surface area (Å²) in [6.07, 6.45) is 3.33. The number of hydrogen-bond acceptors (Lipinski definition) is 8. The fourth-order valence-corrected chi connectivity index (χ4v) is 7.65. The van der Waals surface area contributed by atoms with Crippen LogP contribution in [0.2, 0.25) is 0 Å². The Morgan fingerprint density at radius 1 is 0.838 bits per heavy atom. The molecule has 1 N–H and O–H groups in total. The molecular formula is C28H60N3O4PS. The van der Waals surface area contributed by atoms with Gasteiger partial charge < -0.3 is 19.3 Å². The van der Waals surface area contributed by atoms with E-state index in [1.807, 2.05) is 6.92 Å². The molecule has 0 saturated heterocycles. The molecule has 0 aromatic heterocycles. The van der Waals surface area contributed by atoms with Crippen molar-refractivity contribution in [3.63, 3.8) is 0 Å². The van der Waals surface area contributed by atoms with Crippen molar-refractivity contribution in [1.29, 1.82) is 0 Å². The lowest BCUT2D eigenvalue weighted by Gasteiger charge is -2.45. The first-order valence-electron chi connectivity index (χ1n) is 14.5. The molecule has 222 valence electrons. The Morgan fingerprint density at radius 2 is 1.32 bits per heavy atom. The van der Waals surface area contributed by atoms with Gasteiger partial charge in [0, 0.05) is 55.0 Å². The minimum Gasteiger partial charge on any atom is -0.351 e. The normalized spacial score (nSPS) is 13.9. The van der Waals surface area contributed by atoms with Crippen LogP contribution < -0.4 is 5.32 Å². The van der Waals surface area contributed by atoms with E-state index in [0.717, 1.165) is 25.8 Å². The monoisotopic (exact) mass is 565 g/mol. The molecule has 0 amide bonds. The molecular weight excluding hydrogens is 505 g/mol. The van der Waals surface area contributed by atoms with Gasteiger partial charge in [-0.25, -0.2) is 9.34 Å². The van der Waals surface area contributed by atoms with Crippen molar-refractivity contribution in [1.82, 2.24) is 14.7 Å². The lowest BCUT2D eigenvalue weighted by molar-refractivity contribution is -0.152. The fourth-order valence-electron chi connectivity index (χ4n) is 4.66. The third kappa shape index (κ3) is 13.9. The van der Waals surface area contributed by atoms with Crippen LogP contribution in [0, 0.1) is 0 Å². The van der Waals surface area contributed by atoms with Crippen molar-refractivity contribution in [2.24, 2.45) is 0 Å². The van der Waals surface area contributed by atoms with Crippen molar-refractivity contribution in [2.45, 2.75) is 145 Å². The van der Waals surface area contributed by atoms with Crippen LogP contribution in [0.15, 0.2) is 0 Å². The van der Waals surface area contributed by atoms with Gasteiger partial charge in [0.2, 0.25) is 0 Å². The highest BCUT2D eigenvalue weighted by atomic mass is 32.2. The maximum absolute atomic E-state index is 12.4. The average molecular weight is 566 g/mol. The second-order valence-electron chi connectivity index (χ2n) is 10.7. The Bertz CT molecular complexity index is 548. The van der Waals surface area contributed by atoms with Crippen LogP contribution in [0.5, 0.6) is 0 Å². The topological polar surface area (TPSA) is 63.3 Å². The minimum atomic E-state index is -0.998. The number of nitrogens with zero attached hydrogens (tertiary/aromatic N) is 2. The van der Waals surface area contributed by atoms with E-state index in [2.05, 4.69) is 90.8 Å². The van der Waals surface area contributed by atoms with Crippen LogP contribution in [0.1, 0.15) is 109 Å². The number of ether oxygens (including phenoxy) is 2. The van der Waals surface area contributed by atoms with Crippen LogP contribution >= 0.6 is 20.2 Å². The smallest absolute Gasteiger partial charge is 0.190 e. The molecule has 0 radical (unpaired) electrons. The summed E-state index contributed by atoms with van der Waals surface area (Å²) in [5.41, 5.74) is 0.152. The minimum absolute atomic E-state index is 0.152. The number of thioether (sulfide) groups is 1. The molecule has 37 heavy (non-hydrogen) atoms. The van der Waals surface area contributed by atoms with Crippen LogP contribution in [0.4, 0.5) is 0 Å². The second-order valence-corrected chi connectivity index (χ2v) is 13.5. The first kappa shape index (κ1) is 37.2. The molecule has 1 unspecified atom stereocenters. The van der Waals surface area contributed by atoms with Gasteiger partial charge in [0.25, 0.3) is 0 Å². The molecule has 0 aliphatic rings. The van der Waals surface area contributed by atoms with E-state index in [9.17, 15) is 4.79 Å². The Labute approximate surface area is 235 Å². The number of nitrogens with one attached hydrogen (secondary N) is 1. The van der Waals surface area contributed by atoms with Crippen molar-refractivity contribution in [3.05, 3.63) is 0 Å². The summed E-state index contributed by atoms with van der Waals surface area (Å²) in [7, 11) is -0.998. The quantitative estimate of drug-likeness (QED) is 0.0851. The molecule has 0 bridgehead atoms. The van der Waals surface area contributed by atoms with Crippen molar-refractivity contribution >= 4 is 25.3 Å². The van der Waals surface area contributed by atoms with Gasteiger partial charge in [0.15, 0.2) is 19.9 Å². The standard InChI is InChI=1S/C28H60N3O4PS/c1-13-28(14-2,15-3)29-18-17-26(32)37-20-19-34-27(33-16-4)21-35-36(30(22(5)6)23(7)8)31(24(9)10)25(11)12/h22-25,27,29H,13-21H2,1-12H3. The maximum atomic E-state index is 12.4. The molecule has 9 heteroatoms. The predicted octanol–water partition coefficient (Wildman–Crippen LogP) is 7.06. The lowest BCUT2D eigenvalue weighted by Crippen LogP contribution is -2.44. The summed E-state index contributed by atoms with van der Waals surface area (Å²) < 4.78 is 23.4. The van der Waals surface area contributed by atoms with E-state index in [4.69, 9.17) is 14.0 Å². The Morgan fingerprint density at radius 3 is 1.73 bits per heavy atom. The molecule has 0 aliphatic carbocycles. The molecule has 0 rings (SSSR count). The van der Waals surface area contributed by atoms with Gasteiger partial charge in [-0.05, 0) is 81.6 Å². The van der Waals surface area contributed by atoms with Crippen LogP contribution in [0.25, 0.3) is 0 Å². The molecule has 0 aromatic rings. The van der Waals surface area contributed by atoms with E-state index >= 15 is 0 Å². The van der Waals surface area contributed by atoms with Gasteiger partial charge in [-0.3, -0.25) is 4.79 Å². The largest absolute Gasteiger partial charge is 0.351 e. The zero-order valence-corrected chi connectivity index (χ0v) is 27.8. The summed E-state index contributed by atoms with van der Waals surface area (Å²) in [5, 5.41) is 3.81. The van der Waals surface area contributed by atoms with Gasteiger partial charge in [-0.2, -0.15) is 0 Å². The zero-order chi connectivity index (χ0) is 28.6.